The minimum Gasteiger partial charge on any atom is -0.364 e. The second-order valence-corrected chi connectivity index (χ2v) is 6.79. The minimum atomic E-state index is 0.559. The second-order valence-electron chi connectivity index (χ2n) is 6.79. The number of aryl methyl sites for hydroxylation is 1. The first kappa shape index (κ1) is 9.32. The van der Waals surface area contributed by atoms with E-state index in [1.54, 1.807) is 5.69 Å². The summed E-state index contributed by atoms with van der Waals surface area (Å²) in [5, 5.41) is 0. The van der Waals surface area contributed by atoms with Gasteiger partial charge in [0.1, 0.15) is 0 Å². The van der Waals surface area contributed by atoms with Crippen LogP contribution in [-0.4, -0.2) is 4.98 Å². The Balaban J connectivity index is 1.76. The Morgan fingerprint density at radius 3 is 2.06 bits per heavy atom. The van der Waals surface area contributed by atoms with Crippen LogP contribution in [0.4, 0.5) is 0 Å². The zero-order chi connectivity index (χ0) is 10.8. The highest BCUT2D eigenvalue weighted by molar-refractivity contribution is 5.27. The number of aromatic nitrogens is 1. The van der Waals surface area contributed by atoms with Crippen LogP contribution in [-0.2, 0) is 5.41 Å². The molecule has 4 bridgehead atoms. The third kappa shape index (κ3) is 1.18. The molecular formula is C15H21N. The van der Waals surface area contributed by atoms with Gasteiger partial charge in [-0.1, -0.05) is 0 Å². The fourth-order valence-electron chi connectivity index (χ4n) is 5.25. The molecule has 0 spiro atoms. The molecule has 1 nitrogen and oxygen atoms in total. The van der Waals surface area contributed by atoms with Crippen LogP contribution in [0.1, 0.15) is 49.8 Å². The van der Waals surface area contributed by atoms with E-state index in [4.69, 9.17) is 0 Å². The van der Waals surface area contributed by atoms with E-state index in [2.05, 4.69) is 24.2 Å². The number of H-pyrrole nitrogens is 1. The molecule has 1 N–H and O–H groups in total. The minimum absolute atomic E-state index is 0.559. The van der Waals surface area contributed by atoms with Gasteiger partial charge in [-0.25, -0.2) is 0 Å². The Morgan fingerprint density at radius 2 is 1.62 bits per heavy atom. The maximum absolute atomic E-state index is 3.56. The molecule has 4 fully saturated rings. The first-order valence-electron chi connectivity index (χ1n) is 6.89. The molecule has 1 heteroatoms. The van der Waals surface area contributed by atoms with Crippen molar-refractivity contribution < 1.29 is 0 Å². The Morgan fingerprint density at radius 1 is 1.06 bits per heavy atom. The van der Waals surface area contributed by atoms with Crippen LogP contribution in [0.5, 0.6) is 0 Å². The molecule has 5 rings (SSSR count). The van der Waals surface area contributed by atoms with Gasteiger partial charge in [-0.05, 0) is 74.8 Å². The zero-order valence-corrected chi connectivity index (χ0v) is 10.1. The summed E-state index contributed by atoms with van der Waals surface area (Å²) in [6.45, 7) is 2.21. The molecular weight excluding hydrogens is 194 g/mol. The maximum atomic E-state index is 3.56. The second kappa shape index (κ2) is 2.94. The van der Waals surface area contributed by atoms with Crippen LogP contribution in [0.25, 0.3) is 0 Å². The lowest BCUT2D eigenvalue weighted by atomic mass is 9.49. The number of hydrogen-bond donors (Lipinski definition) is 1. The number of aromatic amines is 1. The molecule has 4 aliphatic carbocycles. The monoisotopic (exact) mass is 215 g/mol. The van der Waals surface area contributed by atoms with Gasteiger partial charge >= 0.3 is 0 Å². The van der Waals surface area contributed by atoms with E-state index in [1.807, 2.05) is 0 Å². The van der Waals surface area contributed by atoms with Gasteiger partial charge in [-0.3, -0.25) is 0 Å². The third-order valence-corrected chi connectivity index (χ3v) is 5.44. The van der Waals surface area contributed by atoms with Crippen LogP contribution in [0.15, 0.2) is 12.3 Å². The Kier molecular flexibility index (Phi) is 1.71. The number of rotatable bonds is 1. The normalized spacial score (nSPS) is 45.2. The number of hydrogen-bond acceptors (Lipinski definition) is 0. The van der Waals surface area contributed by atoms with E-state index in [9.17, 15) is 0 Å². The van der Waals surface area contributed by atoms with Gasteiger partial charge in [0, 0.05) is 17.3 Å². The van der Waals surface area contributed by atoms with Crippen molar-refractivity contribution in [3.8, 4) is 0 Å². The van der Waals surface area contributed by atoms with Gasteiger partial charge in [0.15, 0.2) is 0 Å². The summed E-state index contributed by atoms with van der Waals surface area (Å²) in [6.07, 6.45) is 11.2. The summed E-state index contributed by atoms with van der Waals surface area (Å²) in [5.41, 5.74) is 3.53. The first-order valence-corrected chi connectivity index (χ1v) is 6.89. The summed E-state index contributed by atoms with van der Waals surface area (Å²) in [5.74, 6) is 3.15. The summed E-state index contributed by atoms with van der Waals surface area (Å²) in [6, 6.07) is 2.41. The van der Waals surface area contributed by atoms with E-state index >= 15 is 0 Å². The Bertz CT molecular complexity index is 380. The summed E-state index contributed by atoms with van der Waals surface area (Å²) < 4.78 is 0. The molecule has 16 heavy (non-hydrogen) atoms. The average Bonchev–Trinajstić information content (AvgIpc) is 2.63. The quantitative estimate of drug-likeness (QED) is 0.733. The summed E-state index contributed by atoms with van der Waals surface area (Å²) in [4.78, 5) is 3.56. The topological polar surface area (TPSA) is 15.8 Å². The lowest BCUT2D eigenvalue weighted by molar-refractivity contribution is -0.00697. The highest BCUT2D eigenvalue weighted by Gasteiger charge is 2.52. The summed E-state index contributed by atoms with van der Waals surface area (Å²) >= 11 is 0. The molecule has 0 aromatic carbocycles. The van der Waals surface area contributed by atoms with E-state index in [1.165, 1.54) is 44.1 Å². The van der Waals surface area contributed by atoms with Crippen LogP contribution < -0.4 is 0 Å². The molecule has 0 radical (unpaired) electrons. The molecule has 0 unspecified atom stereocenters. The molecule has 4 saturated carbocycles. The smallest absolute Gasteiger partial charge is 0.0213 e. The van der Waals surface area contributed by atoms with Crippen molar-refractivity contribution >= 4 is 0 Å². The molecule has 86 valence electrons. The standard InChI is InChI=1S/C15H21N/c1-10-2-14(16-9-10)15-6-11-3-12(7-15)5-13(4-11)8-15/h2,9,11-13,16H,3-8H2,1H3. The van der Waals surface area contributed by atoms with Crippen molar-refractivity contribution in [3.63, 3.8) is 0 Å². The molecule has 0 aliphatic heterocycles. The van der Waals surface area contributed by atoms with Crippen molar-refractivity contribution in [3.05, 3.63) is 23.5 Å². The molecule has 0 saturated heterocycles. The van der Waals surface area contributed by atoms with Crippen molar-refractivity contribution in [2.75, 3.05) is 0 Å². The molecule has 0 amide bonds. The largest absolute Gasteiger partial charge is 0.364 e. The van der Waals surface area contributed by atoms with Gasteiger partial charge < -0.3 is 4.98 Å². The van der Waals surface area contributed by atoms with Crippen LogP contribution >= 0.6 is 0 Å². The van der Waals surface area contributed by atoms with Crippen molar-refractivity contribution in [2.45, 2.75) is 50.9 Å². The predicted molar refractivity (Wildman–Crippen MR) is 65.4 cm³/mol. The molecule has 4 aliphatic rings. The van der Waals surface area contributed by atoms with Gasteiger partial charge in [0.05, 0.1) is 0 Å². The molecule has 1 aromatic rings. The Hall–Kier alpha value is -0.720. The maximum Gasteiger partial charge on any atom is 0.0213 e. The molecule has 0 atom stereocenters. The van der Waals surface area contributed by atoms with E-state index in [0.29, 0.717) is 5.41 Å². The SMILES string of the molecule is Cc1c[nH]c(C23CC4CC(CC(C4)C2)C3)c1. The molecule has 1 aromatic heterocycles. The van der Waals surface area contributed by atoms with Gasteiger partial charge in [-0.15, -0.1) is 0 Å². The zero-order valence-electron chi connectivity index (χ0n) is 10.1. The Labute approximate surface area is 97.6 Å². The molecule has 1 heterocycles. The fraction of sp³-hybridized carbons (Fsp3) is 0.733. The predicted octanol–water partition coefficient (Wildman–Crippen LogP) is 3.79. The highest BCUT2D eigenvalue weighted by Crippen LogP contribution is 2.60. The highest BCUT2D eigenvalue weighted by atomic mass is 14.7. The lowest BCUT2D eigenvalue weighted by Gasteiger charge is -2.56. The van der Waals surface area contributed by atoms with Gasteiger partial charge in [0.2, 0.25) is 0 Å². The van der Waals surface area contributed by atoms with Crippen LogP contribution in [0, 0.1) is 24.7 Å². The third-order valence-electron chi connectivity index (χ3n) is 5.44. The van der Waals surface area contributed by atoms with Crippen molar-refractivity contribution in [2.24, 2.45) is 17.8 Å². The van der Waals surface area contributed by atoms with Gasteiger partial charge in [-0.2, -0.15) is 0 Å². The van der Waals surface area contributed by atoms with Crippen LogP contribution in [0.3, 0.4) is 0 Å². The fourth-order valence-corrected chi connectivity index (χ4v) is 5.25. The van der Waals surface area contributed by atoms with Crippen molar-refractivity contribution in [1.29, 1.82) is 0 Å². The van der Waals surface area contributed by atoms with Crippen molar-refractivity contribution in [1.82, 2.24) is 4.98 Å². The van der Waals surface area contributed by atoms with Crippen LogP contribution in [0.2, 0.25) is 0 Å². The van der Waals surface area contributed by atoms with Gasteiger partial charge in [0.25, 0.3) is 0 Å². The first-order chi connectivity index (χ1) is 7.73. The number of nitrogens with one attached hydrogen (secondary N) is 1. The van der Waals surface area contributed by atoms with E-state index in [-0.39, 0.29) is 0 Å². The van der Waals surface area contributed by atoms with E-state index < -0.39 is 0 Å². The average molecular weight is 215 g/mol. The summed E-state index contributed by atoms with van der Waals surface area (Å²) in [7, 11) is 0. The van der Waals surface area contributed by atoms with E-state index in [0.717, 1.165) is 17.8 Å². The lowest BCUT2D eigenvalue weighted by Crippen LogP contribution is -2.48.